The van der Waals surface area contributed by atoms with Crippen LogP contribution in [0.5, 0.6) is 5.75 Å². The van der Waals surface area contributed by atoms with Crippen LogP contribution in [-0.4, -0.2) is 66.8 Å². The highest BCUT2D eigenvalue weighted by atomic mass is 16.5. The number of amides is 1. The highest BCUT2D eigenvalue weighted by molar-refractivity contribution is 5.76. The summed E-state index contributed by atoms with van der Waals surface area (Å²) in [6.45, 7) is 5.68. The lowest BCUT2D eigenvalue weighted by atomic mass is 10.1. The molecule has 1 fully saturated rings. The molecule has 1 atom stereocenters. The van der Waals surface area contributed by atoms with Crippen molar-refractivity contribution in [3.8, 4) is 5.75 Å². The molecule has 5 heteroatoms. The van der Waals surface area contributed by atoms with Crippen LogP contribution in [0, 0.1) is 0 Å². The SMILES string of the molecule is COc1cccc(CCC(=O)N2CCN(C[C@H](C)O)CC2)c1. The van der Waals surface area contributed by atoms with Gasteiger partial charge in [0.25, 0.3) is 0 Å². The van der Waals surface area contributed by atoms with Gasteiger partial charge in [-0.25, -0.2) is 0 Å². The summed E-state index contributed by atoms with van der Waals surface area (Å²) in [5.74, 6) is 1.04. The number of aliphatic hydroxyl groups excluding tert-OH is 1. The Morgan fingerprint density at radius 2 is 2.05 bits per heavy atom. The van der Waals surface area contributed by atoms with E-state index < -0.39 is 0 Å². The summed E-state index contributed by atoms with van der Waals surface area (Å²) in [5.41, 5.74) is 1.13. The number of aryl methyl sites for hydroxylation is 1. The molecular weight excluding hydrogens is 280 g/mol. The van der Waals surface area contributed by atoms with Gasteiger partial charge in [0, 0.05) is 39.1 Å². The van der Waals surface area contributed by atoms with E-state index in [4.69, 9.17) is 4.74 Å². The Kier molecular flexibility index (Phi) is 6.21. The van der Waals surface area contributed by atoms with Crippen molar-refractivity contribution in [3.05, 3.63) is 29.8 Å². The molecule has 1 aromatic rings. The number of rotatable bonds is 6. The van der Waals surface area contributed by atoms with Crippen LogP contribution in [0.25, 0.3) is 0 Å². The van der Waals surface area contributed by atoms with Gasteiger partial charge in [-0.05, 0) is 31.0 Å². The number of piperazine rings is 1. The monoisotopic (exact) mass is 306 g/mol. The molecule has 0 saturated carbocycles. The lowest BCUT2D eigenvalue weighted by molar-refractivity contribution is -0.133. The van der Waals surface area contributed by atoms with E-state index in [1.165, 1.54) is 0 Å². The first-order valence-corrected chi connectivity index (χ1v) is 7.89. The predicted molar refractivity (Wildman–Crippen MR) is 86.0 cm³/mol. The molecule has 0 unspecified atom stereocenters. The van der Waals surface area contributed by atoms with Crippen molar-refractivity contribution < 1.29 is 14.6 Å². The second-order valence-corrected chi connectivity index (χ2v) is 5.88. The summed E-state index contributed by atoms with van der Waals surface area (Å²) >= 11 is 0. The molecule has 1 aliphatic heterocycles. The van der Waals surface area contributed by atoms with Gasteiger partial charge in [0.1, 0.15) is 5.75 Å². The van der Waals surface area contributed by atoms with E-state index in [9.17, 15) is 9.90 Å². The number of benzene rings is 1. The molecule has 1 aliphatic rings. The quantitative estimate of drug-likeness (QED) is 0.857. The average molecular weight is 306 g/mol. The van der Waals surface area contributed by atoms with Crippen molar-refractivity contribution in [2.24, 2.45) is 0 Å². The molecule has 1 aromatic carbocycles. The van der Waals surface area contributed by atoms with Crippen LogP contribution in [0.4, 0.5) is 0 Å². The van der Waals surface area contributed by atoms with Crippen LogP contribution < -0.4 is 4.74 Å². The van der Waals surface area contributed by atoms with Crippen LogP contribution in [0.2, 0.25) is 0 Å². The topological polar surface area (TPSA) is 53.0 Å². The molecule has 0 aromatic heterocycles. The molecule has 2 rings (SSSR count). The molecule has 0 spiro atoms. The van der Waals surface area contributed by atoms with Gasteiger partial charge in [0.2, 0.25) is 5.91 Å². The second-order valence-electron chi connectivity index (χ2n) is 5.88. The molecule has 1 saturated heterocycles. The highest BCUT2D eigenvalue weighted by Gasteiger charge is 2.21. The van der Waals surface area contributed by atoms with Crippen molar-refractivity contribution in [2.45, 2.75) is 25.9 Å². The van der Waals surface area contributed by atoms with Crippen LogP contribution in [0.15, 0.2) is 24.3 Å². The van der Waals surface area contributed by atoms with Gasteiger partial charge < -0.3 is 14.7 Å². The number of nitrogens with zero attached hydrogens (tertiary/aromatic N) is 2. The number of carbonyl (C=O) groups is 1. The fourth-order valence-electron chi connectivity index (χ4n) is 2.79. The Balaban J connectivity index is 1.76. The van der Waals surface area contributed by atoms with Crippen molar-refractivity contribution in [1.82, 2.24) is 9.80 Å². The molecule has 0 aliphatic carbocycles. The number of hydrogen-bond donors (Lipinski definition) is 1. The van der Waals surface area contributed by atoms with Gasteiger partial charge in [0.15, 0.2) is 0 Å². The maximum atomic E-state index is 12.3. The predicted octanol–water partition coefficient (Wildman–Crippen LogP) is 1.15. The van der Waals surface area contributed by atoms with E-state index in [1.807, 2.05) is 29.2 Å². The lowest BCUT2D eigenvalue weighted by Crippen LogP contribution is -2.50. The fourth-order valence-corrected chi connectivity index (χ4v) is 2.79. The summed E-state index contributed by atoms with van der Waals surface area (Å²) < 4.78 is 5.20. The summed E-state index contributed by atoms with van der Waals surface area (Å²) in [4.78, 5) is 16.4. The minimum atomic E-state index is -0.310. The van der Waals surface area contributed by atoms with E-state index in [2.05, 4.69) is 4.90 Å². The standard InChI is InChI=1S/C17H26N2O3/c1-14(20)13-18-8-10-19(11-9-18)17(21)7-6-15-4-3-5-16(12-15)22-2/h3-5,12,14,20H,6-11,13H2,1-2H3/t14-/m0/s1. The summed E-state index contributed by atoms with van der Waals surface area (Å²) in [6.07, 6.45) is 0.961. The third-order valence-electron chi connectivity index (χ3n) is 4.01. The number of ether oxygens (including phenoxy) is 1. The van der Waals surface area contributed by atoms with E-state index >= 15 is 0 Å². The van der Waals surface area contributed by atoms with Gasteiger partial charge in [-0.1, -0.05) is 12.1 Å². The van der Waals surface area contributed by atoms with Crippen molar-refractivity contribution in [2.75, 3.05) is 39.8 Å². The Morgan fingerprint density at radius 3 is 2.68 bits per heavy atom. The maximum Gasteiger partial charge on any atom is 0.222 e. The fraction of sp³-hybridized carbons (Fsp3) is 0.588. The molecule has 1 heterocycles. The molecule has 22 heavy (non-hydrogen) atoms. The Bertz CT molecular complexity index is 483. The Morgan fingerprint density at radius 1 is 1.32 bits per heavy atom. The zero-order valence-electron chi connectivity index (χ0n) is 13.5. The first-order chi connectivity index (χ1) is 10.6. The lowest BCUT2D eigenvalue weighted by Gasteiger charge is -2.35. The van der Waals surface area contributed by atoms with Crippen molar-refractivity contribution >= 4 is 5.91 Å². The molecule has 0 radical (unpaired) electrons. The Labute approximate surface area is 132 Å². The minimum Gasteiger partial charge on any atom is -0.497 e. The normalized spacial score (nSPS) is 17.3. The molecule has 5 nitrogen and oxygen atoms in total. The summed E-state index contributed by atoms with van der Waals surface area (Å²) in [5, 5.41) is 9.40. The van der Waals surface area contributed by atoms with Gasteiger partial charge in [-0.15, -0.1) is 0 Å². The minimum absolute atomic E-state index is 0.208. The van der Waals surface area contributed by atoms with Crippen LogP contribution >= 0.6 is 0 Å². The molecule has 122 valence electrons. The highest BCUT2D eigenvalue weighted by Crippen LogP contribution is 2.14. The van der Waals surface area contributed by atoms with E-state index in [1.54, 1.807) is 14.0 Å². The smallest absolute Gasteiger partial charge is 0.222 e. The average Bonchev–Trinajstić information content (AvgIpc) is 2.53. The van der Waals surface area contributed by atoms with Gasteiger partial charge >= 0.3 is 0 Å². The summed E-state index contributed by atoms with van der Waals surface area (Å²) in [6, 6.07) is 7.87. The Hall–Kier alpha value is -1.59. The van der Waals surface area contributed by atoms with Crippen LogP contribution in [-0.2, 0) is 11.2 Å². The third kappa shape index (κ3) is 5.00. The number of methoxy groups -OCH3 is 1. The van der Waals surface area contributed by atoms with E-state index in [0.29, 0.717) is 13.0 Å². The van der Waals surface area contributed by atoms with E-state index in [-0.39, 0.29) is 12.0 Å². The zero-order chi connectivity index (χ0) is 15.9. The van der Waals surface area contributed by atoms with Gasteiger partial charge in [-0.2, -0.15) is 0 Å². The second kappa shape index (κ2) is 8.15. The number of carbonyl (C=O) groups excluding carboxylic acids is 1. The molecule has 0 bridgehead atoms. The van der Waals surface area contributed by atoms with Crippen LogP contribution in [0.1, 0.15) is 18.9 Å². The van der Waals surface area contributed by atoms with Gasteiger partial charge in [-0.3, -0.25) is 9.69 Å². The van der Waals surface area contributed by atoms with Crippen molar-refractivity contribution in [1.29, 1.82) is 0 Å². The third-order valence-corrected chi connectivity index (χ3v) is 4.01. The van der Waals surface area contributed by atoms with Gasteiger partial charge in [0.05, 0.1) is 13.2 Å². The number of aliphatic hydroxyl groups is 1. The van der Waals surface area contributed by atoms with E-state index in [0.717, 1.165) is 43.9 Å². The number of β-amino-alcohol motifs (C(OH)–C–C–N with tert-alkyl or cyclic N) is 1. The molecular formula is C17H26N2O3. The molecule has 1 N–H and O–H groups in total. The largest absolute Gasteiger partial charge is 0.497 e. The zero-order valence-corrected chi connectivity index (χ0v) is 13.5. The number of hydrogen-bond acceptors (Lipinski definition) is 4. The first kappa shape index (κ1) is 16.8. The maximum absolute atomic E-state index is 12.3. The van der Waals surface area contributed by atoms with Crippen molar-refractivity contribution in [3.63, 3.8) is 0 Å². The first-order valence-electron chi connectivity index (χ1n) is 7.89. The van der Waals surface area contributed by atoms with Crippen LogP contribution in [0.3, 0.4) is 0 Å². The molecule has 1 amide bonds. The summed E-state index contributed by atoms with van der Waals surface area (Å²) in [7, 11) is 1.65.